The van der Waals surface area contributed by atoms with Gasteiger partial charge in [-0.25, -0.2) is 0 Å². The van der Waals surface area contributed by atoms with Crippen LogP contribution in [0.15, 0.2) is 35.1 Å². The molecule has 0 aliphatic carbocycles. The topological polar surface area (TPSA) is 88.2 Å². The van der Waals surface area contributed by atoms with E-state index < -0.39 is 12.2 Å². The number of alkyl halides is 2. The fourth-order valence-corrected chi connectivity index (χ4v) is 5.05. The van der Waals surface area contributed by atoms with Gasteiger partial charge in [-0.2, -0.15) is 8.78 Å². The summed E-state index contributed by atoms with van der Waals surface area (Å²) < 4.78 is 32.5. The van der Waals surface area contributed by atoms with Gasteiger partial charge in [0.05, 0.1) is 17.7 Å². The van der Waals surface area contributed by atoms with E-state index in [0.29, 0.717) is 17.2 Å². The van der Waals surface area contributed by atoms with Gasteiger partial charge in [-0.15, -0.1) is 0 Å². The predicted molar refractivity (Wildman–Crippen MR) is 127 cm³/mol. The van der Waals surface area contributed by atoms with Gasteiger partial charge < -0.3 is 24.9 Å². The van der Waals surface area contributed by atoms with Crippen LogP contribution in [0.1, 0.15) is 53.1 Å². The maximum absolute atomic E-state index is 13.3. The molecule has 34 heavy (non-hydrogen) atoms. The van der Waals surface area contributed by atoms with Crippen LogP contribution in [-0.2, 0) is 6.54 Å². The van der Waals surface area contributed by atoms with Crippen LogP contribution in [0.3, 0.4) is 0 Å². The highest BCUT2D eigenvalue weighted by Gasteiger charge is 2.27. The molecule has 1 fully saturated rings. The third-order valence-corrected chi connectivity index (χ3v) is 6.73. The number of ether oxygens (including phenoxy) is 1. The van der Waals surface area contributed by atoms with Gasteiger partial charge in [0.15, 0.2) is 0 Å². The van der Waals surface area contributed by atoms with Gasteiger partial charge in [0.25, 0.3) is 11.5 Å². The fraction of sp³-hybridized carbons (Fsp3) is 0.440. The Morgan fingerprint density at radius 1 is 1.24 bits per heavy atom. The Labute approximate surface area is 196 Å². The molecule has 0 spiro atoms. The molecule has 1 saturated heterocycles. The van der Waals surface area contributed by atoms with Crippen molar-refractivity contribution in [2.45, 2.75) is 52.8 Å². The molecule has 0 bridgehead atoms. The van der Waals surface area contributed by atoms with Gasteiger partial charge in [0.2, 0.25) is 0 Å². The Balaban J connectivity index is 1.66. The Bertz CT molecular complexity index is 1240. The van der Waals surface area contributed by atoms with Crippen LogP contribution in [0.25, 0.3) is 10.9 Å². The number of carbonyl (C=O) groups is 1. The van der Waals surface area contributed by atoms with E-state index >= 15 is 0 Å². The van der Waals surface area contributed by atoms with E-state index in [4.69, 9.17) is 0 Å². The Hall–Kier alpha value is -3.20. The average Bonchev–Trinajstić information content (AvgIpc) is 3.09. The summed E-state index contributed by atoms with van der Waals surface area (Å²) in [5.74, 6) is -0.116. The number of piperidine rings is 1. The second-order valence-electron chi connectivity index (χ2n) is 8.86. The Kier molecular flexibility index (Phi) is 7.02. The molecular formula is C25H30F2N4O3. The van der Waals surface area contributed by atoms with Crippen molar-refractivity contribution in [3.63, 3.8) is 0 Å². The van der Waals surface area contributed by atoms with Crippen molar-refractivity contribution in [1.29, 1.82) is 0 Å². The van der Waals surface area contributed by atoms with E-state index in [1.54, 1.807) is 6.92 Å². The standard InChI is InChI=1S/C25H30F2N4O3/c1-14-12-21(34-25(26)27)19(23(32)30-14)13-29-24(33)22-16(3)31(20-7-5-4-6-18(20)22)15(2)17-8-10-28-11-9-17/h4-7,12,15,17,25,28H,8-11,13H2,1-3H3,(H,29,33)(H,30,32). The number of aromatic amines is 1. The van der Waals surface area contributed by atoms with Crippen molar-refractivity contribution in [3.8, 4) is 5.75 Å². The number of pyridine rings is 1. The van der Waals surface area contributed by atoms with Crippen LogP contribution in [0.2, 0.25) is 0 Å². The van der Waals surface area contributed by atoms with Gasteiger partial charge in [0, 0.05) is 34.4 Å². The number of aryl methyl sites for hydroxylation is 1. The molecule has 0 saturated carbocycles. The summed E-state index contributed by atoms with van der Waals surface area (Å²) in [4.78, 5) is 28.3. The van der Waals surface area contributed by atoms with Gasteiger partial charge >= 0.3 is 6.61 Å². The van der Waals surface area contributed by atoms with Crippen LogP contribution >= 0.6 is 0 Å². The lowest BCUT2D eigenvalue weighted by Gasteiger charge is -2.30. The Morgan fingerprint density at radius 2 is 1.94 bits per heavy atom. The minimum Gasteiger partial charge on any atom is -0.434 e. The van der Waals surface area contributed by atoms with Crippen LogP contribution in [0.5, 0.6) is 5.75 Å². The third-order valence-electron chi connectivity index (χ3n) is 6.73. The number of hydrogen-bond acceptors (Lipinski definition) is 4. The summed E-state index contributed by atoms with van der Waals surface area (Å²) in [5.41, 5.74) is 2.11. The van der Waals surface area contributed by atoms with Crippen molar-refractivity contribution >= 4 is 16.8 Å². The van der Waals surface area contributed by atoms with E-state index in [1.807, 2.05) is 31.2 Å². The van der Waals surface area contributed by atoms with Gasteiger partial charge in [-0.3, -0.25) is 9.59 Å². The summed E-state index contributed by atoms with van der Waals surface area (Å²) in [7, 11) is 0. The molecule has 3 N–H and O–H groups in total. The zero-order chi connectivity index (χ0) is 24.4. The first-order chi connectivity index (χ1) is 16.3. The zero-order valence-electron chi connectivity index (χ0n) is 19.6. The number of fused-ring (bicyclic) bond motifs is 1. The monoisotopic (exact) mass is 472 g/mol. The number of carbonyl (C=O) groups excluding carboxylic acids is 1. The van der Waals surface area contributed by atoms with Crippen LogP contribution in [-0.4, -0.2) is 35.2 Å². The van der Waals surface area contributed by atoms with E-state index in [0.717, 1.165) is 42.5 Å². The van der Waals surface area contributed by atoms with Crippen LogP contribution in [0, 0.1) is 19.8 Å². The molecule has 2 aromatic heterocycles. The maximum Gasteiger partial charge on any atom is 0.387 e. The van der Waals surface area contributed by atoms with Gasteiger partial charge in [-0.05, 0) is 58.7 Å². The SMILES string of the molecule is Cc1cc(OC(F)F)c(CNC(=O)c2c(C)n(C(C)C3CCNCC3)c3ccccc23)c(=O)[nH]1. The van der Waals surface area contributed by atoms with Gasteiger partial charge in [0.1, 0.15) is 5.75 Å². The van der Waals surface area contributed by atoms with E-state index in [1.165, 1.54) is 6.07 Å². The first-order valence-corrected chi connectivity index (χ1v) is 11.5. The van der Waals surface area contributed by atoms with E-state index in [-0.39, 0.29) is 29.8 Å². The number of rotatable bonds is 7. The minimum atomic E-state index is -3.08. The highest BCUT2D eigenvalue weighted by atomic mass is 19.3. The zero-order valence-corrected chi connectivity index (χ0v) is 19.6. The van der Waals surface area contributed by atoms with Crippen molar-refractivity contribution in [2.75, 3.05) is 13.1 Å². The fourth-order valence-electron chi connectivity index (χ4n) is 5.05. The smallest absolute Gasteiger partial charge is 0.387 e. The Morgan fingerprint density at radius 3 is 2.65 bits per heavy atom. The lowest BCUT2D eigenvalue weighted by Crippen LogP contribution is -2.32. The summed E-state index contributed by atoms with van der Waals surface area (Å²) in [6.07, 6.45) is 2.13. The molecule has 1 aliphatic heterocycles. The molecule has 1 aromatic carbocycles. The first kappa shape index (κ1) is 23.9. The van der Waals surface area contributed by atoms with Crippen molar-refractivity contribution in [2.24, 2.45) is 5.92 Å². The largest absolute Gasteiger partial charge is 0.434 e. The van der Waals surface area contributed by atoms with Crippen LogP contribution in [0.4, 0.5) is 8.78 Å². The molecule has 3 heterocycles. The first-order valence-electron chi connectivity index (χ1n) is 11.5. The number of amides is 1. The summed E-state index contributed by atoms with van der Waals surface area (Å²) in [6.45, 7) is 4.34. The number of benzene rings is 1. The molecule has 1 unspecified atom stereocenters. The summed E-state index contributed by atoms with van der Waals surface area (Å²) in [6, 6.07) is 9.29. The lowest BCUT2D eigenvalue weighted by molar-refractivity contribution is -0.0506. The molecule has 1 amide bonds. The molecular weight excluding hydrogens is 442 g/mol. The quantitative estimate of drug-likeness (QED) is 0.484. The third kappa shape index (κ3) is 4.70. The number of halogens is 2. The molecule has 182 valence electrons. The van der Waals surface area contributed by atoms with Gasteiger partial charge in [-0.1, -0.05) is 18.2 Å². The van der Waals surface area contributed by atoms with Crippen molar-refractivity contribution in [3.05, 3.63) is 63.2 Å². The van der Waals surface area contributed by atoms with Crippen LogP contribution < -0.4 is 20.9 Å². The lowest BCUT2D eigenvalue weighted by atomic mass is 9.91. The van der Waals surface area contributed by atoms with E-state index in [9.17, 15) is 18.4 Å². The number of nitrogens with one attached hydrogen (secondary N) is 3. The highest BCUT2D eigenvalue weighted by Crippen LogP contribution is 2.34. The molecule has 4 rings (SSSR count). The molecule has 7 nitrogen and oxygen atoms in total. The summed E-state index contributed by atoms with van der Waals surface area (Å²) >= 11 is 0. The van der Waals surface area contributed by atoms with E-state index in [2.05, 4.69) is 31.8 Å². The normalized spacial score (nSPS) is 15.6. The number of hydrogen-bond donors (Lipinski definition) is 3. The second-order valence-corrected chi connectivity index (χ2v) is 8.86. The van der Waals surface area contributed by atoms with Crippen molar-refractivity contribution < 1.29 is 18.3 Å². The molecule has 3 aromatic rings. The predicted octanol–water partition coefficient (Wildman–Crippen LogP) is 4.04. The maximum atomic E-state index is 13.3. The number of aromatic nitrogens is 2. The number of nitrogens with zero attached hydrogens (tertiary/aromatic N) is 1. The highest BCUT2D eigenvalue weighted by molar-refractivity contribution is 6.08. The number of para-hydroxylation sites is 1. The molecule has 1 atom stereocenters. The average molecular weight is 473 g/mol. The molecule has 0 radical (unpaired) electrons. The minimum absolute atomic E-state index is 0.0521. The summed E-state index contributed by atoms with van der Waals surface area (Å²) in [5, 5.41) is 6.96. The second kappa shape index (κ2) is 9.97. The van der Waals surface area contributed by atoms with Crippen molar-refractivity contribution in [1.82, 2.24) is 20.2 Å². The molecule has 9 heteroatoms. The molecule has 1 aliphatic rings. The number of H-pyrrole nitrogens is 1.